The summed E-state index contributed by atoms with van der Waals surface area (Å²) in [4.78, 5) is 27.1. The van der Waals surface area contributed by atoms with Gasteiger partial charge in [-0.1, -0.05) is 11.6 Å². The Bertz CT molecular complexity index is 1280. The average molecular weight is 443 g/mol. The molecule has 0 radical (unpaired) electrons. The molecule has 10 heteroatoms. The molecule has 2 aromatic carbocycles. The van der Waals surface area contributed by atoms with Gasteiger partial charge in [-0.15, -0.1) is 0 Å². The topological polar surface area (TPSA) is 118 Å². The fraction of sp³-hybridized carbons (Fsp3) is 0.190. The molecule has 4 rings (SSSR count). The summed E-state index contributed by atoms with van der Waals surface area (Å²) in [5, 5.41) is 15.5. The Hall–Kier alpha value is -3.72. The Kier molecular flexibility index (Phi) is 5.43. The molecule has 0 saturated carbocycles. The molecule has 1 aliphatic heterocycles. The molecule has 0 spiro atoms. The summed E-state index contributed by atoms with van der Waals surface area (Å²) in [5.41, 5.74) is 2.86. The van der Waals surface area contributed by atoms with E-state index in [0.717, 1.165) is 10.1 Å². The lowest BCUT2D eigenvalue weighted by molar-refractivity contribution is 0.386. The van der Waals surface area contributed by atoms with Crippen LogP contribution in [0.15, 0.2) is 57.2 Å². The number of hydrazone groups is 1. The normalized spacial score (nSPS) is 15.3. The third-order valence-electron chi connectivity index (χ3n) is 5.03. The van der Waals surface area contributed by atoms with Gasteiger partial charge in [-0.05, 0) is 36.4 Å². The standard InChI is InChI=1S/C21H19ClN4O5/c1-30-13-7-8-14(17(9-13)31-2)15-10-16(25-24-15)18-19(27)23-21(29)26(20(18)28)12-5-3-11(22)4-6-12/h3-9,15,24,28H,10H2,1-2H3,(H,23,27,29)/t15-/m1/s1. The van der Waals surface area contributed by atoms with Crippen molar-refractivity contribution in [3.8, 4) is 23.1 Å². The fourth-order valence-electron chi connectivity index (χ4n) is 3.50. The van der Waals surface area contributed by atoms with E-state index < -0.39 is 17.1 Å². The zero-order valence-corrected chi connectivity index (χ0v) is 17.4. The molecule has 31 heavy (non-hydrogen) atoms. The number of aromatic hydroxyl groups is 1. The molecule has 3 aromatic rings. The first kappa shape index (κ1) is 20.5. The van der Waals surface area contributed by atoms with Crippen LogP contribution in [-0.4, -0.2) is 34.6 Å². The van der Waals surface area contributed by atoms with E-state index >= 15 is 0 Å². The van der Waals surface area contributed by atoms with E-state index in [4.69, 9.17) is 21.1 Å². The maximum Gasteiger partial charge on any atom is 0.335 e. The highest BCUT2D eigenvalue weighted by atomic mass is 35.5. The third-order valence-corrected chi connectivity index (χ3v) is 5.28. The summed E-state index contributed by atoms with van der Waals surface area (Å²) in [6, 6.07) is 11.4. The smallest absolute Gasteiger partial charge is 0.335 e. The third kappa shape index (κ3) is 3.75. The first-order valence-corrected chi connectivity index (χ1v) is 9.69. The molecule has 1 aromatic heterocycles. The fourth-order valence-corrected chi connectivity index (χ4v) is 3.63. The van der Waals surface area contributed by atoms with Gasteiger partial charge in [0.2, 0.25) is 5.88 Å². The zero-order chi connectivity index (χ0) is 22.1. The van der Waals surface area contributed by atoms with E-state index in [1.54, 1.807) is 50.6 Å². The van der Waals surface area contributed by atoms with Crippen LogP contribution in [0, 0.1) is 0 Å². The number of aromatic amines is 1. The maximum atomic E-state index is 12.5. The van der Waals surface area contributed by atoms with E-state index in [9.17, 15) is 14.7 Å². The second kappa shape index (κ2) is 8.19. The van der Waals surface area contributed by atoms with Crippen molar-refractivity contribution in [1.29, 1.82) is 0 Å². The summed E-state index contributed by atoms with van der Waals surface area (Å²) in [6.07, 6.45) is 0.290. The summed E-state index contributed by atoms with van der Waals surface area (Å²) in [5.74, 6) is 0.736. The van der Waals surface area contributed by atoms with E-state index in [2.05, 4.69) is 15.5 Å². The van der Waals surface area contributed by atoms with Gasteiger partial charge in [-0.3, -0.25) is 9.78 Å². The highest BCUT2D eigenvalue weighted by molar-refractivity contribution is 6.30. The summed E-state index contributed by atoms with van der Waals surface area (Å²) in [7, 11) is 3.11. The molecule has 0 bridgehead atoms. The van der Waals surface area contributed by atoms with E-state index in [0.29, 0.717) is 27.9 Å². The number of ether oxygens (including phenoxy) is 2. The molecule has 1 atom stereocenters. The highest BCUT2D eigenvalue weighted by Crippen LogP contribution is 2.34. The zero-order valence-electron chi connectivity index (χ0n) is 16.7. The van der Waals surface area contributed by atoms with E-state index in [1.165, 1.54) is 0 Å². The van der Waals surface area contributed by atoms with Crippen LogP contribution >= 0.6 is 11.6 Å². The minimum absolute atomic E-state index is 0.0861. The van der Waals surface area contributed by atoms with E-state index in [1.807, 2.05) is 6.07 Å². The van der Waals surface area contributed by atoms with Gasteiger partial charge in [-0.2, -0.15) is 5.10 Å². The predicted octanol–water partition coefficient (Wildman–Crippen LogP) is 2.34. The van der Waals surface area contributed by atoms with Crippen molar-refractivity contribution in [2.75, 3.05) is 14.2 Å². The van der Waals surface area contributed by atoms with Crippen LogP contribution < -0.4 is 26.1 Å². The largest absolute Gasteiger partial charge is 0.497 e. The number of hydrogen-bond donors (Lipinski definition) is 3. The maximum absolute atomic E-state index is 12.5. The van der Waals surface area contributed by atoms with Crippen LogP contribution in [-0.2, 0) is 0 Å². The van der Waals surface area contributed by atoms with Gasteiger partial charge >= 0.3 is 5.69 Å². The lowest BCUT2D eigenvalue weighted by atomic mass is 9.99. The van der Waals surface area contributed by atoms with Crippen molar-refractivity contribution in [2.24, 2.45) is 5.10 Å². The van der Waals surface area contributed by atoms with Gasteiger partial charge in [0.1, 0.15) is 17.1 Å². The first-order valence-electron chi connectivity index (χ1n) is 9.31. The van der Waals surface area contributed by atoms with Crippen LogP contribution in [0.2, 0.25) is 5.02 Å². The highest BCUT2D eigenvalue weighted by Gasteiger charge is 2.29. The Morgan fingerprint density at radius 3 is 2.55 bits per heavy atom. The molecule has 0 saturated heterocycles. The summed E-state index contributed by atoms with van der Waals surface area (Å²) in [6.45, 7) is 0. The SMILES string of the molecule is COc1ccc([C@H]2CC(c3c(O)n(-c4ccc(Cl)cc4)c(=O)[nH]c3=O)=NN2)c(OC)c1. The average Bonchev–Trinajstić information content (AvgIpc) is 3.23. The van der Waals surface area contributed by atoms with Crippen molar-refractivity contribution < 1.29 is 14.6 Å². The van der Waals surface area contributed by atoms with Crippen LogP contribution in [0.3, 0.4) is 0 Å². The molecular weight excluding hydrogens is 424 g/mol. The van der Waals surface area contributed by atoms with Gasteiger partial charge in [0.25, 0.3) is 5.56 Å². The van der Waals surface area contributed by atoms with Crippen LogP contribution in [0.25, 0.3) is 5.69 Å². The van der Waals surface area contributed by atoms with Crippen molar-refractivity contribution in [3.05, 3.63) is 79.5 Å². The van der Waals surface area contributed by atoms with Gasteiger partial charge in [0, 0.05) is 23.1 Å². The van der Waals surface area contributed by atoms with Gasteiger partial charge < -0.3 is 20.0 Å². The number of nitrogens with one attached hydrogen (secondary N) is 2. The first-order chi connectivity index (χ1) is 14.9. The monoisotopic (exact) mass is 442 g/mol. The number of halogens is 1. The second-order valence-corrected chi connectivity index (χ2v) is 7.26. The molecule has 0 amide bonds. The summed E-state index contributed by atoms with van der Waals surface area (Å²) >= 11 is 5.90. The van der Waals surface area contributed by atoms with Gasteiger partial charge in [-0.25, -0.2) is 9.36 Å². The van der Waals surface area contributed by atoms with Crippen molar-refractivity contribution in [3.63, 3.8) is 0 Å². The molecule has 9 nitrogen and oxygen atoms in total. The van der Waals surface area contributed by atoms with Crippen LogP contribution in [0.4, 0.5) is 0 Å². The molecule has 160 valence electrons. The Morgan fingerprint density at radius 2 is 1.87 bits per heavy atom. The number of nitrogens with zero attached hydrogens (tertiary/aromatic N) is 2. The Labute approximate surface area is 181 Å². The number of aromatic nitrogens is 2. The quantitative estimate of drug-likeness (QED) is 0.558. The lowest BCUT2D eigenvalue weighted by Crippen LogP contribution is -2.33. The Balaban J connectivity index is 1.72. The van der Waals surface area contributed by atoms with Gasteiger partial charge in [0.15, 0.2) is 0 Å². The minimum Gasteiger partial charge on any atom is -0.497 e. The number of rotatable bonds is 5. The van der Waals surface area contributed by atoms with Gasteiger partial charge in [0.05, 0.1) is 31.7 Å². The predicted molar refractivity (Wildman–Crippen MR) is 116 cm³/mol. The molecule has 0 aliphatic carbocycles. The van der Waals surface area contributed by atoms with Crippen molar-refractivity contribution in [2.45, 2.75) is 12.5 Å². The lowest BCUT2D eigenvalue weighted by Gasteiger charge is -2.16. The second-order valence-electron chi connectivity index (χ2n) is 6.82. The number of hydrogen-bond acceptors (Lipinski definition) is 7. The Morgan fingerprint density at radius 1 is 1.13 bits per heavy atom. The molecular formula is C21H19ClN4O5. The molecule has 0 unspecified atom stereocenters. The number of benzene rings is 2. The molecule has 2 heterocycles. The van der Waals surface area contributed by atoms with Crippen LogP contribution in [0.5, 0.6) is 17.4 Å². The minimum atomic E-state index is -0.770. The molecule has 3 N–H and O–H groups in total. The van der Waals surface area contributed by atoms with E-state index in [-0.39, 0.29) is 18.0 Å². The molecule has 0 fully saturated rings. The number of H-pyrrole nitrogens is 1. The van der Waals surface area contributed by atoms with Crippen LogP contribution in [0.1, 0.15) is 23.6 Å². The number of methoxy groups -OCH3 is 2. The van der Waals surface area contributed by atoms with Crippen molar-refractivity contribution in [1.82, 2.24) is 15.0 Å². The summed E-state index contributed by atoms with van der Waals surface area (Å²) < 4.78 is 11.7. The molecule has 1 aliphatic rings. The van der Waals surface area contributed by atoms with Crippen molar-refractivity contribution >= 4 is 17.3 Å².